The molecule has 4 heteroatoms. The van der Waals surface area contributed by atoms with Crippen molar-refractivity contribution in [1.82, 2.24) is 4.98 Å². The second-order valence-corrected chi connectivity index (χ2v) is 3.45. The largest absolute Gasteiger partial charge is 0.439 e. The van der Waals surface area contributed by atoms with Crippen molar-refractivity contribution in [2.24, 2.45) is 0 Å². The molecule has 1 aromatic heterocycles. The predicted molar refractivity (Wildman–Crippen MR) is 53.1 cm³/mol. The third kappa shape index (κ3) is 1.45. The van der Waals surface area contributed by atoms with Gasteiger partial charge in [-0.15, -0.1) is 0 Å². The van der Waals surface area contributed by atoms with Gasteiger partial charge in [-0.1, -0.05) is 11.6 Å². The van der Waals surface area contributed by atoms with Crippen molar-refractivity contribution >= 4 is 22.7 Å². The highest BCUT2D eigenvalue weighted by molar-refractivity contribution is 6.31. The van der Waals surface area contributed by atoms with Crippen molar-refractivity contribution in [3.8, 4) is 6.07 Å². The molecule has 0 aliphatic rings. The standard InChI is InChI=1S/C10H7ClN2O/c1-6-4-7(11)5-8-10(6)14-9(13-8)2-3-12/h4-5H,2H2,1H3. The van der Waals surface area contributed by atoms with Crippen molar-refractivity contribution in [2.75, 3.05) is 0 Å². The van der Waals surface area contributed by atoms with E-state index in [-0.39, 0.29) is 6.42 Å². The molecule has 0 saturated carbocycles. The van der Waals surface area contributed by atoms with Crippen LogP contribution in [0.2, 0.25) is 5.02 Å². The predicted octanol–water partition coefficient (Wildman–Crippen LogP) is 2.86. The summed E-state index contributed by atoms with van der Waals surface area (Å²) in [6, 6.07) is 5.53. The molecule has 1 heterocycles. The highest BCUT2D eigenvalue weighted by atomic mass is 35.5. The van der Waals surface area contributed by atoms with Crippen LogP contribution in [0, 0.1) is 18.3 Å². The van der Waals surface area contributed by atoms with Crippen molar-refractivity contribution in [3.63, 3.8) is 0 Å². The summed E-state index contributed by atoms with van der Waals surface area (Å²) in [5.41, 5.74) is 2.35. The highest BCUT2D eigenvalue weighted by Gasteiger charge is 2.08. The van der Waals surface area contributed by atoms with E-state index in [0.717, 1.165) is 5.56 Å². The lowest BCUT2D eigenvalue weighted by molar-refractivity contribution is 0.546. The van der Waals surface area contributed by atoms with Crippen LogP contribution in [0.3, 0.4) is 0 Å². The maximum absolute atomic E-state index is 8.49. The number of benzene rings is 1. The van der Waals surface area contributed by atoms with Gasteiger partial charge in [0, 0.05) is 5.02 Å². The summed E-state index contributed by atoms with van der Waals surface area (Å²) in [4.78, 5) is 4.15. The van der Waals surface area contributed by atoms with E-state index in [1.807, 2.05) is 19.1 Å². The highest BCUT2D eigenvalue weighted by Crippen LogP contribution is 2.24. The lowest BCUT2D eigenvalue weighted by atomic mass is 10.2. The third-order valence-electron chi connectivity index (χ3n) is 1.92. The molecule has 2 aromatic rings. The summed E-state index contributed by atoms with van der Waals surface area (Å²) < 4.78 is 5.40. The topological polar surface area (TPSA) is 49.8 Å². The molecule has 70 valence electrons. The zero-order valence-electron chi connectivity index (χ0n) is 7.54. The Morgan fingerprint density at radius 1 is 1.57 bits per heavy atom. The van der Waals surface area contributed by atoms with Gasteiger partial charge in [-0.3, -0.25) is 0 Å². The number of hydrogen-bond donors (Lipinski definition) is 0. The van der Waals surface area contributed by atoms with Crippen molar-refractivity contribution < 1.29 is 4.42 Å². The number of oxazole rings is 1. The van der Waals surface area contributed by atoms with Crippen LogP contribution in [0.25, 0.3) is 11.1 Å². The average molecular weight is 207 g/mol. The van der Waals surface area contributed by atoms with Gasteiger partial charge in [-0.2, -0.15) is 5.26 Å². The SMILES string of the molecule is Cc1cc(Cl)cc2nc(CC#N)oc12. The normalized spacial score (nSPS) is 10.4. The van der Waals surface area contributed by atoms with Gasteiger partial charge in [0.25, 0.3) is 0 Å². The van der Waals surface area contributed by atoms with Crippen LogP contribution in [0.5, 0.6) is 0 Å². The van der Waals surface area contributed by atoms with E-state index in [1.54, 1.807) is 6.07 Å². The Hall–Kier alpha value is -1.53. The first-order chi connectivity index (χ1) is 6.70. The first-order valence-corrected chi connectivity index (χ1v) is 4.51. The Kier molecular flexibility index (Phi) is 2.14. The maximum atomic E-state index is 8.49. The minimum atomic E-state index is 0.186. The van der Waals surface area contributed by atoms with E-state index < -0.39 is 0 Å². The number of nitrogens with zero attached hydrogens (tertiary/aromatic N) is 2. The molecule has 0 aliphatic heterocycles. The Morgan fingerprint density at radius 2 is 2.36 bits per heavy atom. The summed E-state index contributed by atoms with van der Waals surface area (Å²) in [6.07, 6.45) is 0.186. The van der Waals surface area contributed by atoms with Gasteiger partial charge in [-0.05, 0) is 24.6 Å². The van der Waals surface area contributed by atoms with Gasteiger partial charge in [0.05, 0.1) is 6.07 Å². The fourth-order valence-electron chi connectivity index (χ4n) is 1.35. The van der Waals surface area contributed by atoms with E-state index in [0.29, 0.717) is 22.0 Å². The van der Waals surface area contributed by atoms with Crippen LogP contribution in [0.4, 0.5) is 0 Å². The first-order valence-electron chi connectivity index (χ1n) is 4.13. The molecule has 3 nitrogen and oxygen atoms in total. The van der Waals surface area contributed by atoms with Gasteiger partial charge in [0.1, 0.15) is 11.9 Å². The van der Waals surface area contributed by atoms with Crippen LogP contribution in [0.15, 0.2) is 16.5 Å². The smallest absolute Gasteiger partial charge is 0.209 e. The summed E-state index contributed by atoms with van der Waals surface area (Å²) >= 11 is 5.86. The minimum Gasteiger partial charge on any atom is -0.439 e. The number of aromatic nitrogens is 1. The van der Waals surface area contributed by atoms with Crippen molar-refractivity contribution in [3.05, 3.63) is 28.6 Å². The maximum Gasteiger partial charge on any atom is 0.209 e. The second-order valence-electron chi connectivity index (χ2n) is 3.01. The lowest BCUT2D eigenvalue weighted by Gasteiger charge is -1.93. The second kappa shape index (κ2) is 3.32. The van der Waals surface area contributed by atoms with Gasteiger partial charge in [0.2, 0.25) is 5.89 Å². The number of hydrogen-bond acceptors (Lipinski definition) is 3. The summed E-state index contributed by atoms with van der Waals surface area (Å²) in [7, 11) is 0. The van der Waals surface area contributed by atoms with E-state index in [4.69, 9.17) is 21.3 Å². The molecule has 0 amide bonds. The molecule has 0 fully saturated rings. The van der Waals surface area contributed by atoms with E-state index in [1.165, 1.54) is 0 Å². The van der Waals surface area contributed by atoms with Crippen molar-refractivity contribution in [2.45, 2.75) is 13.3 Å². The van der Waals surface area contributed by atoms with Gasteiger partial charge >= 0.3 is 0 Å². The molecular weight excluding hydrogens is 200 g/mol. The van der Waals surface area contributed by atoms with E-state index >= 15 is 0 Å². The zero-order valence-corrected chi connectivity index (χ0v) is 8.30. The van der Waals surface area contributed by atoms with Crippen molar-refractivity contribution in [1.29, 1.82) is 5.26 Å². The number of fused-ring (bicyclic) bond motifs is 1. The third-order valence-corrected chi connectivity index (χ3v) is 2.13. The molecule has 0 radical (unpaired) electrons. The molecule has 0 bridgehead atoms. The van der Waals surface area contributed by atoms with E-state index in [9.17, 15) is 0 Å². The Labute approximate surface area is 85.9 Å². The minimum absolute atomic E-state index is 0.186. The van der Waals surface area contributed by atoms with Gasteiger partial charge < -0.3 is 4.42 Å². The fraction of sp³-hybridized carbons (Fsp3) is 0.200. The van der Waals surface area contributed by atoms with Crippen LogP contribution >= 0.6 is 11.6 Å². The van der Waals surface area contributed by atoms with Crippen LogP contribution in [-0.4, -0.2) is 4.98 Å². The molecule has 14 heavy (non-hydrogen) atoms. The molecule has 0 atom stereocenters. The number of aryl methyl sites for hydroxylation is 1. The average Bonchev–Trinajstić information content (AvgIpc) is 2.48. The molecular formula is C10H7ClN2O. The number of halogens is 1. The van der Waals surface area contributed by atoms with E-state index in [2.05, 4.69) is 4.98 Å². The Bertz CT molecular complexity index is 525. The molecule has 1 aromatic carbocycles. The van der Waals surface area contributed by atoms with Crippen LogP contribution in [0.1, 0.15) is 11.5 Å². The lowest BCUT2D eigenvalue weighted by Crippen LogP contribution is -1.77. The number of nitriles is 1. The molecule has 0 N–H and O–H groups in total. The molecule has 0 saturated heterocycles. The monoisotopic (exact) mass is 206 g/mol. The molecule has 0 spiro atoms. The summed E-state index contributed by atoms with van der Waals surface area (Å²) in [6.45, 7) is 1.90. The first kappa shape index (κ1) is 9.04. The van der Waals surface area contributed by atoms with Gasteiger partial charge in [-0.25, -0.2) is 4.98 Å². The quantitative estimate of drug-likeness (QED) is 0.721. The molecule has 0 aliphatic carbocycles. The summed E-state index contributed by atoms with van der Waals surface area (Å²) in [5.74, 6) is 0.438. The number of rotatable bonds is 1. The van der Waals surface area contributed by atoms with Gasteiger partial charge in [0.15, 0.2) is 5.58 Å². The van der Waals surface area contributed by atoms with Crippen LogP contribution in [-0.2, 0) is 6.42 Å². The Morgan fingerprint density at radius 3 is 3.07 bits per heavy atom. The molecule has 0 unspecified atom stereocenters. The summed E-state index contributed by atoms with van der Waals surface area (Å²) in [5, 5.41) is 9.12. The zero-order chi connectivity index (χ0) is 10.1. The Balaban J connectivity index is 2.66. The fourth-order valence-corrected chi connectivity index (χ4v) is 1.61. The molecule has 2 rings (SSSR count). The van der Waals surface area contributed by atoms with Crippen LogP contribution < -0.4 is 0 Å².